The Kier molecular flexibility index (Phi) is 4.74. The lowest BCUT2D eigenvalue weighted by atomic mass is 9.92. The van der Waals surface area contributed by atoms with Gasteiger partial charge in [-0.2, -0.15) is 0 Å². The summed E-state index contributed by atoms with van der Waals surface area (Å²) in [6, 6.07) is 0.364. The Morgan fingerprint density at radius 2 is 2.08 bits per heavy atom. The summed E-state index contributed by atoms with van der Waals surface area (Å²) >= 11 is 0. The van der Waals surface area contributed by atoms with Crippen LogP contribution in [0.3, 0.4) is 0 Å². The molecule has 0 aliphatic heterocycles. The largest absolute Gasteiger partial charge is 0.392 e. The molecule has 0 amide bonds. The average molecular weight is 185 g/mol. The molecule has 1 aliphatic rings. The molecule has 0 spiro atoms. The molecular weight excluding hydrogens is 162 g/mol. The maximum absolute atomic E-state index is 9.69. The summed E-state index contributed by atoms with van der Waals surface area (Å²) in [6.45, 7) is 5.52. The Bertz CT molecular complexity index is 138. The van der Waals surface area contributed by atoms with Crippen molar-refractivity contribution in [2.75, 3.05) is 6.54 Å². The Hall–Kier alpha value is -0.0800. The Labute approximate surface area is 81.7 Å². The molecule has 1 saturated carbocycles. The first-order chi connectivity index (χ1) is 6.24. The summed E-state index contributed by atoms with van der Waals surface area (Å²) in [5.74, 6) is 0.731. The normalized spacial score (nSPS) is 31.6. The van der Waals surface area contributed by atoms with Gasteiger partial charge < -0.3 is 10.4 Å². The van der Waals surface area contributed by atoms with E-state index < -0.39 is 0 Å². The van der Waals surface area contributed by atoms with E-state index in [1.807, 2.05) is 0 Å². The molecule has 0 aromatic carbocycles. The van der Waals surface area contributed by atoms with E-state index in [2.05, 4.69) is 19.2 Å². The molecule has 0 aromatic heterocycles. The molecule has 3 atom stereocenters. The van der Waals surface area contributed by atoms with Gasteiger partial charge in [0.05, 0.1) is 6.10 Å². The Balaban J connectivity index is 2.18. The summed E-state index contributed by atoms with van der Waals surface area (Å²) < 4.78 is 0. The van der Waals surface area contributed by atoms with Crippen molar-refractivity contribution in [3.8, 4) is 0 Å². The molecule has 13 heavy (non-hydrogen) atoms. The highest BCUT2D eigenvalue weighted by molar-refractivity contribution is 4.80. The van der Waals surface area contributed by atoms with Gasteiger partial charge in [0.2, 0.25) is 0 Å². The van der Waals surface area contributed by atoms with E-state index in [0.717, 1.165) is 25.3 Å². The van der Waals surface area contributed by atoms with Crippen LogP contribution in [0.5, 0.6) is 0 Å². The molecule has 1 fully saturated rings. The van der Waals surface area contributed by atoms with Crippen molar-refractivity contribution in [3.63, 3.8) is 0 Å². The fourth-order valence-electron chi connectivity index (χ4n) is 1.85. The van der Waals surface area contributed by atoms with E-state index in [1.54, 1.807) is 0 Å². The minimum atomic E-state index is -0.0993. The van der Waals surface area contributed by atoms with Gasteiger partial charge in [0.25, 0.3) is 0 Å². The lowest BCUT2D eigenvalue weighted by Crippen LogP contribution is -2.43. The highest BCUT2D eigenvalue weighted by Crippen LogP contribution is 2.18. The van der Waals surface area contributed by atoms with Crippen molar-refractivity contribution >= 4 is 0 Å². The number of aliphatic hydroxyl groups is 1. The van der Waals surface area contributed by atoms with Gasteiger partial charge >= 0.3 is 0 Å². The van der Waals surface area contributed by atoms with E-state index in [0.29, 0.717) is 6.04 Å². The van der Waals surface area contributed by atoms with Crippen LogP contribution in [0.2, 0.25) is 0 Å². The predicted molar refractivity (Wildman–Crippen MR) is 55.7 cm³/mol. The second kappa shape index (κ2) is 5.61. The van der Waals surface area contributed by atoms with E-state index in [9.17, 15) is 5.11 Å². The second-order valence-corrected chi connectivity index (χ2v) is 4.38. The number of rotatable bonds is 4. The maximum Gasteiger partial charge on any atom is 0.0693 e. The summed E-state index contributed by atoms with van der Waals surface area (Å²) in [7, 11) is 0. The molecule has 0 saturated heterocycles. The van der Waals surface area contributed by atoms with Gasteiger partial charge in [-0.05, 0) is 25.3 Å². The van der Waals surface area contributed by atoms with Gasteiger partial charge in [-0.1, -0.05) is 33.1 Å². The highest BCUT2D eigenvalue weighted by Gasteiger charge is 2.22. The quantitative estimate of drug-likeness (QED) is 0.701. The van der Waals surface area contributed by atoms with E-state index in [1.165, 1.54) is 19.3 Å². The van der Waals surface area contributed by atoms with Gasteiger partial charge in [-0.25, -0.2) is 0 Å². The lowest BCUT2D eigenvalue weighted by molar-refractivity contribution is 0.0891. The third-order valence-electron chi connectivity index (χ3n) is 3.15. The number of aliphatic hydroxyl groups excluding tert-OH is 1. The van der Waals surface area contributed by atoms with Crippen LogP contribution in [-0.4, -0.2) is 23.8 Å². The van der Waals surface area contributed by atoms with Crippen LogP contribution in [-0.2, 0) is 0 Å². The predicted octanol–water partition coefficient (Wildman–Crippen LogP) is 1.93. The summed E-state index contributed by atoms with van der Waals surface area (Å²) in [4.78, 5) is 0. The smallest absolute Gasteiger partial charge is 0.0693 e. The van der Waals surface area contributed by atoms with Crippen molar-refractivity contribution < 1.29 is 5.11 Å². The monoisotopic (exact) mass is 185 g/mol. The molecule has 0 radical (unpaired) electrons. The lowest BCUT2D eigenvalue weighted by Gasteiger charge is -2.29. The molecule has 1 unspecified atom stereocenters. The molecule has 2 nitrogen and oxygen atoms in total. The zero-order valence-electron chi connectivity index (χ0n) is 8.92. The van der Waals surface area contributed by atoms with E-state index >= 15 is 0 Å². The third kappa shape index (κ3) is 3.65. The zero-order chi connectivity index (χ0) is 9.68. The summed E-state index contributed by atoms with van der Waals surface area (Å²) in [5, 5.41) is 13.2. The number of nitrogens with one attached hydrogen (secondary N) is 1. The molecule has 78 valence electrons. The summed E-state index contributed by atoms with van der Waals surface area (Å²) in [5.41, 5.74) is 0. The van der Waals surface area contributed by atoms with E-state index in [4.69, 9.17) is 0 Å². The van der Waals surface area contributed by atoms with Crippen LogP contribution in [0.1, 0.15) is 46.0 Å². The van der Waals surface area contributed by atoms with Gasteiger partial charge in [-0.3, -0.25) is 0 Å². The SMILES string of the molecule is CCC(C)CN[C@@H]1CCCC[C@H]1O. The van der Waals surface area contributed by atoms with Crippen LogP contribution < -0.4 is 5.32 Å². The first-order valence-electron chi connectivity index (χ1n) is 5.65. The zero-order valence-corrected chi connectivity index (χ0v) is 8.92. The van der Waals surface area contributed by atoms with Gasteiger partial charge in [0.15, 0.2) is 0 Å². The molecule has 2 heteroatoms. The van der Waals surface area contributed by atoms with Gasteiger partial charge in [-0.15, -0.1) is 0 Å². The molecular formula is C11H23NO. The van der Waals surface area contributed by atoms with Crippen LogP contribution in [0, 0.1) is 5.92 Å². The van der Waals surface area contributed by atoms with Gasteiger partial charge in [0.1, 0.15) is 0 Å². The van der Waals surface area contributed by atoms with Crippen LogP contribution in [0.15, 0.2) is 0 Å². The van der Waals surface area contributed by atoms with E-state index in [-0.39, 0.29) is 6.10 Å². The minimum Gasteiger partial charge on any atom is -0.392 e. The second-order valence-electron chi connectivity index (χ2n) is 4.38. The molecule has 0 heterocycles. The van der Waals surface area contributed by atoms with Crippen molar-refractivity contribution in [1.82, 2.24) is 5.32 Å². The topological polar surface area (TPSA) is 32.3 Å². The Morgan fingerprint density at radius 3 is 2.69 bits per heavy atom. The molecule has 0 aromatic rings. The van der Waals surface area contributed by atoms with Crippen LogP contribution in [0.25, 0.3) is 0 Å². The standard InChI is InChI=1S/C11H23NO/c1-3-9(2)8-12-10-6-4-5-7-11(10)13/h9-13H,3-8H2,1-2H3/t9?,10-,11-/m1/s1. The highest BCUT2D eigenvalue weighted by atomic mass is 16.3. The fraction of sp³-hybridized carbons (Fsp3) is 1.00. The van der Waals surface area contributed by atoms with Crippen molar-refractivity contribution in [3.05, 3.63) is 0 Å². The minimum absolute atomic E-state index is 0.0993. The first-order valence-corrected chi connectivity index (χ1v) is 5.65. The molecule has 1 rings (SSSR count). The maximum atomic E-state index is 9.69. The fourth-order valence-corrected chi connectivity index (χ4v) is 1.85. The van der Waals surface area contributed by atoms with Crippen LogP contribution in [0.4, 0.5) is 0 Å². The average Bonchev–Trinajstić information content (AvgIpc) is 2.16. The van der Waals surface area contributed by atoms with Crippen molar-refractivity contribution in [1.29, 1.82) is 0 Å². The first kappa shape index (κ1) is 11.0. The Morgan fingerprint density at radius 1 is 1.38 bits per heavy atom. The molecule has 0 bridgehead atoms. The molecule has 2 N–H and O–H groups in total. The van der Waals surface area contributed by atoms with Gasteiger partial charge in [0, 0.05) is 6.04 Å². The van der Waals surface area contributed by atoms with Crippen molar-refractivity contribution in [2.45, 2.75) is 58.1 Å². The number of hydrogen-bond donors (Lipinski definition) is 2. The van der Waals surface area contributed by atoms with Crippen LogP contribution >= 0.6 is 0 Å². The number of hydrogen-bond acceptors (Lipinski definition) is 2. The molecule has 1 aliphatic carbocycles. The summed E-state index contributed by atoms with van der Waals surface area (Å²) in [6.07, 6.45) is 5.72. The third-order valence-corrected chi connectivity index (χ3v) is 3.15. The van der Waals surface area contributed by atoms with Crippen molar-refractivity contribution in [2.24, 2.45) is 5.92 Å².